The Bertz CT molecular complexity index is 214. The first-order valence-corrected chi connectivity index (χ1v) is 6.05. The van der Waals surface area contributed by atoms with Gasteiger partial charge in [0, 0.05) is 12.6 Å². The number of hydrogen-bond donors (Lipinski definition) is 1. The predicted octanol–water partition coefficient (Wildman–Crippen LogP) is 1.34. The summed E-state index contributed by atoms with van der Waals surface area (Å²) in [6.45, 7) is 5.15. The van der Waals surface area contributed by atoms with Crippen molar-refractivity contribution in [3.05, 3.63) is 0 Å². The van der Waals surface area contributed by atoms with Crippen molar-refractivity contribution in [1.82, 2.24) is 5.32 Å². The van der Waals surface area contributed by atoms with Crippen LogP contribution in [0, 0.1) is 5.92 Å². The lowest BCUT2D eigenvalue weighted by molar-refractivity contribution is -0.145. The second kappa shape index (κ2) is 6.86. The van der Waals surface area contributed by atoms with Gasteiger partial charge >= 0.3 is 5.97 Å². The molecule has 0 heterocycles. The second-order valence-electron chi connectivity index (χ2n) is 4.70. The molecule has 4 heteroatoms. The molecule has 1 aliphatic carbocycles. The minimum Gasteiger partial charge on any atom is -0.468 e. The standard InChI is InChI=1S/C12H23NO3/c1-9(2)13-11(12(14)15-3)8-16-7-6-10-4-5-10/h9-11,13H,4-8H2,1-3H3. The van der Waals surface area contributed by atoms with Crippen LogP contribution in [0.1, 0.15) is 33.1 Å². The Balaban J connectivity index is 2.16. The highest BCUT2D eigenvalue weighted by Crippen LogP contribution is 2.32. The second-order valence-corrected chi connectivity index (χ2v) is 4.70. The van der Waals surface area contributed by atoms with E-state index in [9.17, 15) is 4.79 Å². The molecular weight excluding hydrogens is 206 g/mol. The molecule has 16 heavy (non-hydrogen) atoms. The summed E-state index contributed by atoms with van der Waals surface area (Å²) in [7, 11) is 1.40. The first-order chi connectivity index (χ1) is 7.63. The van der Waals surface area contributed by atoms with Crippen LogP contribution >= 0.6 is 0 Å². The topological polar surface area (TPSA) is 47.6 Å². The maximum atomic E-state index is 11.4. The third-order valence-corrected chi connectivity index (χ3v) is 2.67. The molecule has 0 aliphatic heterocycles. The van der Waals surface area contributed by atoms with Crippen LogP contribution in [-0.2, 0) is 14.3 Å². The van der Waals surface area contributed by atoms with E-state index < -0.39 is 0 Å². The van der Waals surface area contributed by atoms with Gasteiger partial charge in [0.25, 0.3) is 0 Å². The molecule has 0 spiro atoms. The van der Waals surface area contributed by atoms with E-state index in [1.165, 1.54) is 20.0 Å². The highest BCUT2D eigenvalue weighted by Gasteiger charge is 2.22. The molecule has 1 atom stereocenters. The van der Waals surface area contributed by atoms with E-state index in [-0.39, 0.29) is 18.1 Å². The zero-order chi connectivity index (χ0) is 12.0. The maximum absolute atomic E-state index is 11.4. The quantitative estimate of drug-likeness (QED) is 0.504. The predicted molar refractivity (Wildman–Crippen MR) is 62.2 cm³/mol. The van der Waals surface area contributed by atoms with Crippen LogP contribution in [0.2, 0.25) is 0 Å². The van der Waals surface area contributed by atoms with Gasteiger partial charge in [-0.25, -0.2) is 0 Å². The number of carbonyl (C=O) groups is 1. The zero-order valence-electron chi connectivity index (χ0n) is 10.5. The van der Waals surface area contributed by atoms with Crippen LogP contribution in [0.25, 0.3) is 0 Å². The summed E-state index contributed by atoms with van der Waals surface area (Å²) in [5.41, 5.74) is 0. The summed E-state index contributed by atoms with van der Waals surface area (Å²) in [6.07, 6.45) is 3.80. The Morgan fingerprint density at radius 2 is 2.12 bits per heavy atom. The van der Waals surface area contributed by atoms with E-state index in [1.807, 2.05) is 13.8 Å². The highest BCUT2D eigenvalue weighted by molar-refractivity contribution is 5.75. The van der Waals surface area contributed by atoms with Gasteiger partial charge < -0.3 is 14.8 Å². The molecular formula is C12H23NO3. The zero-order valence-corrected chi connectivity index (χ0v) is 10.5. The SMILES string of the molecule is COC(=O)C(COCCC1CC1)NC(C)C. The Hall–Kier alpha value is -0.610. The molecule has 0 aromatic rings. The number of esters is 1. The highest BCUT2D eigenvalue weighted by atomic mass is 16.5. The van der Waals surface area contributed by atoms with Gasteiger partial charge in [0.05, 0.1) is 13.7 Å². The molecule has 0 saturated heterocycles. The van der Waals surface area contributed by atoms with Crippen molar-refractivity contribution in [3.63, 3.8) is 0 Å². The number of ether oxygens (including phenoxy) is 2. The Kier molecular flexibility index (Phi) is 5.77. The lowest BCUT2D eigenvalue weighted by Crippen LogP contribution is -2.44. The number of methoxy groups -OCH3 is 1. The molecule has 0 aromatic carbocycles. The summed E-state index contributed by atoms with van der Waals surface area (Å²) in [5.74, 6) is 0.620. The van der Waals surface area contributed by atoms with E-state index in [0.717, 1.165) is 18.9 Å². The van der Waals surface area contributed by atoms with Crippen LogP contribution in [-0.4, -0.2) is 38.4 Å². The molecule has 0 bridgehead atoms. The summed E-state index contributed by atoms with van der Waals surface area (Å²) in [5, 5.41) is 3.13. The van der Waals surface area contributed by atoms with Crippen LogP contribution in [0.3, 0.4) is 0 Å². The van der Waals surface area contributed by atoms with Crippen molar-refractivity contribution in [2.75, 3.05) is 20.3 Å². The van der Waals surface area contributed by atoms with E-state index in [4.69, 9.17) is 9.47 Å². The van der Waals surface area contributed by atoms with Crippen molar-refractivity contribution < 1.29 is 14.3 Å². The van der Waals surface area contributed by atoms with Gasteiger partial charge in [0.15, 0.2) is 0 Å². The van der Waals surface area contributed by atoms with Gasteiger partial charge in [0.1, 0.15) is 6.04 Å². The average molecular weight is 229 g/mol. The van der Waals surface area contributed by atoms with Crippen LogP contribution in [0.5, 0.6) is 0 Å². The van der Waals surface area contributed by atoms with Crippen molar-refractivity contribution >= 4 is 5.97 Å². The van der Waals surface area contributed by atoms with Gasteiger partial charge in [-0.05, 0) is 12.3 Å². The molecule has 1 fully saturated rings. The molecule has 1 saturated carbocycles. The molecule has 1 N–H and O–H groups in total. The fourth-order valence-electron chi connectivity index (χ4n) is 1.59. The van der Waals surface area contributed by atoms with Gasteiger partial charge in [0.2, 0.25) is 0 Å². The molecule has 94 valence electrons. The first kappa shape index (κ1) is 13.5. The molecule has 0 radical (unpaired) electrons. The number of hydrogen-bond acceptors (Lipinski definition) is 4. The Morgan fingerprint density at radius 1 is 1.44 bits per heavy atom. The number of nitrogens with one attached hydrogen (secondary N) is 1. The van der Waals surface area contributed by atoms with E-state index >= 15 is 0 Å². The van der Waals surface area contributed by atoms with Crippen molar-refractivity contribution in [2.24, 2.45) is 5.92 Å². The number of rotatable bonds is 8. The monoisotopic (exact) mass is 229 g/mol. The smallest absolute Gasteiger partial charge is 0.325 e. The maximum Gasteiger partial charge on any atom is 0.325 e. The third kappa shape index (κ3) is 5.47. The lowest BCUT2D eigenvalue weighted by Gasteiger charge is -2.18. The minimum absolute atomic E-state index is 0.246. The molecule has 1 aliphatic rings. The molecule has 1 unspecified atom stereocenters. The third-order valence-electron chi connectivity index (χ3n) is 2.67. The molecule has 4 nitrogen and oxygen atoms in total. The molecule has 0 amide bonds. The number of carbonyl (C=O) groups excluding carboxylic acids is 1. The average Bonchev–Trinajstić information content (AvgIpc) is 3.04. The van der Waals surface area contributed by atoms with Crippen molar-refractivity contribution in [3.8, 4) is 0 Å². The van der Waals surface area contributed by atoms with E-state index in [0.29, 0.717) is 6.61 Å². The van der Waals surface area contributed by atoms with Gasteiger partial charge in [-0.1, -0.05) is 26.7 Å². The Labute approximate surface area is 97.7 Å². The van der Waals surface area contributed by atoms with Gasteiger partial charge in [-0.15, -0.1) is 0 Å². The van der Waals surface area contributed by atoms with Crippen molar-refractivity contribution in [2.45, 2.75) is 45.2 Å². The first-order valence-electron chi connectivity index (χ1n) is 6.05. The normalized spacial score (nSPS) is 17.5. The minimum atomic E-state index is -0.343. The molecule has 0 aromatic heterocycles. The fraction of sp³-hybridized carbons (Fsp3) is 0.917. The van der Waals surface area contributed by atoms with Gasteiger partial charge in [-0.2, -0.15) is 0 Å². The van der Waals surface area contributed by atoms with Crippen LogP contribution < -0.4 is 5.32 Å². The van der Waals surface area contributed by atoms with E-state index in [2.05, 4.69) is 5.32 Å². The Morgan fingerprint density at radius 3 is 2.62 bits per heavy atom. The van der Waals surface area contributed by atoms with Crippen LogP contribution in [0.4, 0.5) is 0 Å². The fourth-order valence-corrected chi connectivity index (χ4v) is 1.59. The van der Waals surface area contributed by atoms with Gasteiger partial charge in [-0.3, -0.25) is 4.79 Å². The summed E-state index contributed by atoms with van der Waals surface area (Å²) in [6, 6.07) is -0.0969. The summed E-state index contributed by atoms with van der Waals surface area (Å²) in [4.78, 5) is 11.4. The van der Waals surface area contributed by atoms with Crippen molar-refractivity contribution in [1.29, 1.82) is 0 Å². The summed E-state index contributed by atoms with van der Waals surface area (Å²) >= 11 is 0. The largest absolute Gasteiger partial charge is 0.468 e. The molecule has 1 rings (SSSR count). The lowest BCUT2D eigenvalue weighted by atomic mass is 10.2. The van der Waals surface area contributed by atoms with E-state index in [1.54, 1.807) is 0 Å². The summed E-state index contributed by atoms with van der Waals surface area (Å²) < 4.78 is 10.2. The van der Waals surface area contributed by atoms with Crippen LogP contribution in [0.15, 0.2) is 0 Å².